The first-order chi connectivity index (χ1) is 8.13. The van der Waals surface area contributed by atoms with Gasteiger partial charge in [-0.3, -0.25) is 0 Å². The normalized spacial score (nSPS) is 10.1. The van der Waals surface area contributed by atoms with Crippen LogP contribution in [0.1, 0.15) is 17.5 Å². The van der Waals surface area contributed by atoms with Crippen molar-refractivity contribution in [3.05, 3.63) is 29.3 Å². The van der Waals surface area contributed by atoms with E-state index in [9.17, 15) is 0 Å². The van der Waals surface area contributed by atoms with Gasteiger partial charge in [-0.05, 0) is 44.1 Å². The summed E-state index contributed by atoms with van der Waals surface area (Å²) in [6.07, 6.45) is 0.950. The Bertz CT molecular complexity index is 380. The molecule has 0 heterocycles. The fourth-order valence-electron chi connectivity index (χ4n) is 1.54. The Kier molecular flexibility index (Phi) is 5.94. The Labute approximate surface area is 109 Å². The summed E-state index contributed by atoms with van der Waals surface area (Å²) in [6.45, 7) is 5.73. The van der Waals surface area contributed by atoms with Gasteiger partial charge in [0.05, 0.1) is 0 Å². The van der Waals surface area contributed by atoms with Crippen LogP contribution in [0.5, 0.6) is 0 Å². The Hall–Kier alpha value is -1.13. The molecule has 0 spiro atoms. The molecule has 0 aliphatic heterocycles. The van der Waals surface area contributed by atoms with Gasteiger partial charge in [0.2, 0.25) is 0 Å². The second kappa shape index (κ2) is 7.25. The topological polar surface area (TPSA) is 33.3 Å². The third-order valence-electron chi connectivity index (χ3n) is 2.44. The number of ether oxygens (including phenoxy) is 1. The van der Waals surface area contributed by atoms with Gasteiger partial charge in [-0.2, -0.15) is 0 Å². The molecule has 1 rings (SSSR count). The maximum atomic E-state index is 5.22. The van der Waals surface area contributed by atoms with Crippen LogP contribution in [0.2, 0.25) is 0 Å². The monoisotopic (exact) mass is 252 g/mol. The van der Waals surface area contributed by atoms with Crippen LogP contribution in [0, 0.1) is 13.8 Å². The van der Waals surface area contributed by atoms with Crippen LogP contribution in [0.25, 0.3) is 0 Å². The van der Waals surface area contributed by atoms with Crippen molar-refractivity contribution in [2.45, 2.75) is 20.3 Å². The Morgan fingerprint density at radius 1 is 1.35 bits per heavy atom. The molecule has 0 saturated carbocycles. The lowest BCUT2D eigenvalue weighted by Gasteiger charge is -2.12. The van der Waals surface area contributed by atoms with Gasteiger partial charge < -0.3 is 15.4 Å². The largest absolute Gasteiger partial charge is 0.385 e. The van der Waals surface area contributed by atoms with Crippen LogP contribution in [-0.2, 0) is 4.74 Å². The van der Waals surface area contributed by atoms with E-state index >= 15 is 0 Å². The van der Waals surface area contributed by atoms with Gasteiger partial charge in [0, 0.05) is 25.9 Å². The number of nitrogens with one attached hydrogen (secondary N) is 2. The average Bonchev–Trinajstić information content (AvgIpc) is 2.28. The molecule has 0 radical (unpaired) electrons. The predicted octanol–water partition coefficient (Wildman–Crippen LogP) is 2.63. The van der Waals surface area contributed by atoms with Crippen LogP contribution in [0.15, 0.2) is 18.2 Å². The third kappa shape index (κ3) is 5.15. The molecule has 0 atom stereocenters. The number of anilines is 1. The molecular weight excluding hydrogens is 232 g/mol. The van der Waals surface area contributed by atoms with Gasteiger partial charge in [0.25, 0.3) is 0 Å². The molecule has 0 unspecified atom stereocenters. The highest BCUT2D eigenvalue weighted by Crippen LogP contribution is 2.15. The Morgan fingerprint density at radius 2 is 2.12 bits per heavy atom. The lowest BCUT2D eigenvalue weighted by atomic mass is 10.1. The molecule has 3 nitrogen and oxygen atoms in total. The number of rotatable bonds is 5. The van der Waals surface area contributed by atoms with E-state index in [1.54, 1.807) is 7.11 Å². The SMILES string of the molecule is COCCCNC(=S)Nc1ccc(C)cc1C. The van der Waals surface area contributed by atoms with Crippen molar-refractivity contribution in [2.75, 3.05) is 25.6 Å². The van der Waals surface area contributed by atoms with Crippen molar-refractivity contribution >= 4 is 23.0 Å². The second-order valence-corrected chi connectivity index (χ2v) is 4.45. The highest BCUT2D eigenvalue weighted by atomic mass is 32.1. The van der Waals surface area contributed by atoms with Crippen molar-refractivity contribution in [3.63, 3.8) is 0 Å². The Morgan fingerprint density at radius 3 is 2.76 bits per heavy atom. The molecular formula is C13H20N2OS. The molecule has 4 heteroatoms. The molecule has 0 fully saturated rings. The van der Waals surface area contributed by atoms with Crippen LogP contribution in [0.4, 0.5) is 5.69 Å². The van der Waals surface area contributed by atoms with E-state index in [4.69, 9.17) is 17.0 Å². The summed E-state index contributed by atoms with van der Waals surface area (Å²) >= 11 is 5.22. The maximum Gasteiger partial charge on any atom is 0.170 e. The van der Waals surface area contributed by atoms with E-state index in [0.717, 1.165) is 25.3 Å². The molecule has 0 bridgehead atoms. The molecule has 2 N–H and O–H groups in total. The number of thiocarbonyl (C=S) groups is 1. The van der Waals surface area contributed by atoms with Gasteiger partial charge in [0.15, 0.2) is 5.11 Å². The number of hydrogen-bond donors (Lipinski definition) is 2. The number of hydrogen-bond acceptors (Lipinski definition) is 2. The van der Waals surface area contributed by atoms with E-state index < -0.39 is 0 Å². The second-order valence-electron chi connectivity index (χ2n) is 4.05. The van der Waals surface area contributed by atoms with Crippen LogP contribution in [0.3, 0.4) is 0 Å². The smallest absolute Gasteiger partial charge is 0.170 e. The first-order valence-corrected chi connectivity index (χ1v) is 6.15. The quantitative estimate of drug-likeness (QED) is 0.623. The Balaban J connectivity index is 2.40. The minimum atomic E-state index is 0.660. The van der Waals surface area contributed by atoms with E-state index in [2.05, 4.69) is 36.6 Å². The third-order valence-corrected chi connectivity index (χ3v) is 2.69. The lowest BCUT2D eigenvalue weighted by Crippen LogP contribution is -2.30. The zero-order valence-electron chi connectivity index (χ0n) is 10.7. The zero-order valence-corrected chi connectivity index (χ0v) is 11.5. The number of benzene rings is 1. The molecule has 0 saturated heterocycles. The molecule has 0 aliphatic rings. The molecule has 0 aromatic heterocycles. The molecule has 17 heavy (non-hydrogen) atoms. The van der Waals surface area contributed by atoms with Crippen molar-refractivity contribution in [3.8, 4) is 0 Å². The summed E-state index contributed by atoms with van der Waals surface area (Å²) in [4.78, 5) is 0. The minimum absolute atomic E-state index is 0.660. The maximum absolute atomic E-state index is 5.22. The predicted molar refractivity (Wildman–Crippen MR) is 76.6 cm³/mol. The van der Waals surface area contributed by atoms with E-state index in [-0.39, 0.29) is 0 Å². The molecule has 94 valence electrons. The number of aryl methyl sites for hydroxylation is 2. The zero-order chi connectivity index (χ0) is 12.7. The highest BCUT2D eigenvalue weighted by Gasteiger charge is 2.00. The fraction of sp³-hybridized carbons (Fsp3) is 0.462. The van der Waals surface area contributed by atoms with Crippen LogP contribution >= 0.6 is 12.2 Å². The standard InChI is InChI=1S/C13H20N2OS/c1-10-5-6-12(11(2)9-10)15-13(17)14-7-4-8-16-3/h5-6,9H,4,7-8H2,1-3H3,(H2,14,15,17). The van der Waals surface area contributed by atoms with Gasteiger partial charge in [-0.1, -0.05) is 17.7 Å². The summed E-state index contributed by atoms with van der Waals surface area (Å²) in [7, 11) is 1.70. The fourth-order valence-corrected chi connectivity index (χ4v) is 1.75. The van der Waals surface area contributed by atoms with Crippen molar-refractivity contribution < 1.29 is 4.74 Å². The van der Waals surface area contributed by atoms with Crippen molar-refractivity contribution in [1.29, 1.82) is 0 Å². The van der Waals surface area contributed by atoms with Gasteiger partial charge >= 0.3 is 0 Å². The number of methoxy groups -OCH3 is 1. The summed E-state index contributed by atoms with van der Waals surface area (Å²) in [5, 5.41) is 7.00. The van der Waals surface area contributed by atoms with Crippen LogP contribution < -0.4 is 10.6 Å². The summed E-state index contributed by atoms with van der Waals surface area (Å²) in [5.41, 5.74) is 3.51. The summed E-state index contributed by atoms with van der Waals surface area (Å²) in [5.74, 6) is 0. The highest BCUT2D eigenvalue weighted by molar-refractivity contribution is 7.80. The first kappa shape index (κ1) is 13.9. The molecule has 0 aliphatic carbocycles. The van der Waals surface area contributed by atoms with Crippen molar-refractivity contribution in [1.82, 2.24) is 5.32 Å². The minimum Gasteiger partial charge on any atom is -0.385 e. The molecule has 0 amide bonds. The molecule has 1 aromatic rings. The molecule has 1 aromatic carbocycles. The average molecular weight is 252 g/mol. The lowest BCUT2D eigenvalue weighted by molar-refractivity contribution is 0.196. The van der Waals surface area contributed by atoms with E-state index in [1.165, 1.54) is 11.1 Å². The van der Waals surface area contributed by atoms with E-state index in [1.807, 2.05) is 6.07 Å². The van der Waals surface area contributed by atoms with Crippen molar-refractivity contribution in [2.24, 2.45) is 0 Å². The van der Waals surface area contributed by atoms with Gasteiger partial charge in [-0.15, -0.1) is 0 Å². The van der Waals surface area contributed by atoms with E-state index in [0.29, 0.717) is 5.11 Å². The van der Waals surface area contributed by atoms with Gasteiger partial charge in [0.1, 0.15) is 0 Å². The summed E-state index contributed by atoms with van der Waals surface area (Å²) in [6, 6.07) is 6.26. The summed E-state index contributed by atoms with van der Waals surface area (Å²) < 4.78 is 4.97. The van der Waals surface area contributed by atoms with Crippen LogP contribution in [-0.4, -0.2) is 25.4 Å². The van der Waals surface area contributed by atoms with Gasteiger partial charge in [-0.25, -0.2) is 0 Å². The first-order valence-electron chi connectivity index (χ1n) is 5.74.